The number of ether oxygens (including phenoxy) is 1. The van der Waals surface area contributed by atoms with Gasteiger partial charge in [-0.05, 0) is 17.7 Å². The molecule has 1 aromatic heterocycles. The SMILES string of the molecule is COCC(O)CN(C)C(=O)c1cncc(C=CC(=O)O)c1. The summed E-state index contributed by atoms with van der Waals surface area (Å²) in [7, 11) is 3.02. The molecule has 2 N–H and O–H groups in total. The molecule has 0 saturated heterocycles. The number of carbonyl (C=O) groups excluding carboxylic acids is 1. The summed E-state index contributed by atoms with van der Waals surface area (Å²) in [6.45, 7) is 0.263. The number of methoxy groups -OCH3 is 1. The van der Waals surface area contributed by atoms with E-state index in [0.29, 0.717) is 11.1 Å². The van der Waals surface area contributed by atoms with E-state index in [0.717, 1.165) is 6.08 Å². The van der Waals surface area contributed by atoms with Crippen molar-refractivity contribution in [2.24, 2.45) is 0 Å². The van der Waals surface area contributed by atoms with Gasteiger partial charge in [0.2, 0.25) is 0 Å². The van der Waals surface area contributed by atoms with E-state index in [1.54, 1.807) is 7.05 Å². The highest BCUT2D eigenvalue weighted by molar-refractivity contribution is 5.94. The summed E-state index contributed by atoms with van der Waals surface area (Å²) >= 11 is 0. The molecule has 0 saturated carbocycles. The minimum Gasteiger partial charge on any atom is -0.478 e. The minimum absolute atomic E-state index is 0.127. The second-order valence-electron chi connectivity index (χ2n) is 4.47. The molecule has 1 unspecified atom stereocenters. The van der Waals surface area contributed by atoms with Gasteiger partial charge >= 0.3 is 5.97 Å². The molecule has 1 amide bonds. The number of hydrogen-bond acceptors (Lipinski definition) is 5. The molecule has 0 aliphatic heterocycles. The van der Waals surface area contributed by atoms with Crippen LogP contribution in [0.4, 0.5) is 0 Å². The predicted molar refractivity (Wildman–Crippen MR) is 75.8 cm³/mol. The molecule has 1 atom stereocenters. The lowest BCUT2D eigenvalue weighted by Gasteiger charge is -2.20. The van der Waals surface area contributed by atoms with Gasteiger partial charge in [-0.3, -0.25) is 9.78 Å². The van der Waals surface area contributed by atoms with Crippen molar-refractivity contribution in [3.05, 3.63) is 35.7 Å². The zero-order chi connectivity index (χ0) is 15.8. The van der Waals surface area contributed by atoms with E-state index < -0.39 is 12.1 Å². The van der Waals surface area contributed by atoms with E-state index in [-0.39, 0.29) is 19.1 Å². The number of aliphatic carboxylic acids is 1. The molecule has 0 aliphatic rings. The van der Waals surface area contributed by atoms with Crippen molar-refractivity contribution in [3.8, 4) is 0 Å². The van der Waals surface area contributed by atoms with Gasteiger partial charge in [-0.1, -0.05) is 0 Å². The first kappa shape index (κ1) is 16.8. The van der Waals surface area contributed by atoms with Gasteiger partial charge in [0.1, 0.15) is 0 Å². The summed E-state index contributed by atoms with van der Waals surface area (Å²) in [5.41, 5.74) is 0.823. The Morgan fingerprint density at radius 3 is 2.81 bits per heavy atom. The summed E-state index contributed by atoms with van der Waals surface area (Å²) < 4.78 is 4.80. The first-order valence-corrected chi connectivity index (χ1v) is 6.22. The summed E-state index contributed by atoms with van der Waals surface area (Å²) in [6, 6.07) is 1.54. The number of carboxylic acids is 1. The Hall–Kier alpha value is -2.25. The van der Waals surface area contributed by atoms with Crippen molar-refractivity contribution in [2.75, 3.05) is 27.3 Å². The summed E-state index contributed by atoms with van der Waals surface area (Å²) in [5.74, 6) is -1.39. The molecule has 1 heterocycles. The Bertz CT molecular complexity index is 530. The molecule has 7 heteroatoms. The maximum absolute atomic E-state index is 12.2. The van der Waals surface area contributed by atoms with Crippen molar-refractivity contribution in [2.45, 2.75) is 6.10 Å². The van der Waals surface area contributed by atoms with Crippen molar-refractivity contribution < 1.29 is 24.5 Å². The van der Waals surface area contributed by atoms with Gasteiger partial charge in [0, 0.05) is 39.2 Å². The Morgan fingerprint density at radius 2 is 2.19 bits per heavy atom. The molecule has 1 aromatic rings. The predicted octanol–water partition coefficient (Wildman–Crippen LogP) is 0.259. The third-order valence-corrected chi connectivity index (χ3v) is 2.62. The smallest absolute Gasteiger partial charge is 0.328 e. The summed E-state index contributed by atoms with van der Waals surface area (Å²) in [6.07, 6.45) is 4.39. The summed E-state index contributed by atoms with van der Waals surface area (Å²) in [4.78, 5) is 27.9. The Balaban J connectivity index is 2.78. The molecule has 114 valence electrons. The molecular formula is C14H18N2O5. The van der Waals surface area contributed by atoms with Crippen LogP contribution in [-0.4, -0.2) is 65.4 Å². The Labute approximate surface area is 122 Å². The van der Waals surface area contributed by atoms with Gasteiger partial charge in [0.05, 0.1) is 18.3 Å². The van der Waals surface area contributed by atoms with E-state index in [2.05, 4.69) is 4.98 Å². The maximum atomic E-state index is 12.2. The van der Waals surface area contributed by atoms with Crippen molar-refractivity contribution in [3.63, 3.8) is 0 Å². The molecule has 7 nitrogen and oxygen atoms in total. The van der Waals surface area contributed by atoms with Crippen LogP contribution < -0.4 is 0 Å². The molecule has 0 aromatic carbocycles. The number of rotatable bonds is 7. The highest BCUT2D eigenvalue weighted by Gasteiger charge is 2.15. The lowest BCUT2D eigenvalue weighted by Crippen LogP contribution is -2.36. The van der Waals surface area contributed by atoms with Gasteiger partial charge in [0.25, 0.3) is 5.91 Å². The molecule has 0 fully saturated rings. The molecular weight excluding hydrogens is 276 g/mol. The molecule has 1 rings (SSSR count). The van der Waals surface area contributed by atoms with Gasteiger partial charge < -0.3 is 19.8 Å². The monoisotopic (exact) mass is 294 g/mol. The average molecular weight is 294 g/mol. The summed E-state index contributed by atoms with van der Waals surface area (Å²) in [5, 5.41) is 18.2. The number of amides is 1. The highest BCUT2D eigenvalue weighted by atomic mass is 16.5. The number of nitrogens with zero attached hydrogens (tertiary/aromatic N) is 2. The maximum Gasteiger partial charge on any atom is 0.328 e. The van der Waals surface area contributed by atoms with Crippen LogP contribution in [0, 0.1) is 0 Å². The molecule has 0 spiro atoms. The van der Waals surface area contributed by atoms with Crippen LogP contribution in [0.3, 0.4) is 0 Å². The zero-order valence-corrected chi connectivity index (χ0v) is 11.9. The normalized spacial score (nSPS) is 12.3. The van der Waals surface area contributed by atoms with E-state index in [9.17, 15) is 14.7 Å². The van der Waals surface area contributed by atoms with Crippen LogP contribution in [0.5, 0.6) is 0 Å². The molecule has 0 aliphatic carbocycles. The lowest BCUT2D eigenvalue weighted by molar-refractivity contribution is -0.131. The van der Waals surface area contributed by atoms with Gasteiger partial charge in [-0.2, -0.15) is 0 Å². The third kappa shape index (κ3) is 5.72. The number of aliphatic hydroxyl groups is 1. The largest absolute Gasteiger partial charge is 0.478 e. The fraction of sp³-hybridized carbons (Fsp3) is 0.357. The number of carboxylic acid groups (broad SMARTS) is 1. The number of likely N-dealkylation sites (N-methyl/N-ethyl adjacent to an activating group) is 1. The Kier molecular flexibility index (Phi) is 6.51. The molecule has 21 heavy (non-hydrogen) atoms. The number of carbonyl (C=O) groups is 2. The second-order valence-corrected chi connectivity index (χ2v) is 4.47. The van der Waals surface area contributed by atoms with E-state index >= 15 is 0 Å². The third-order valence-electron chi connectivity index (χ3n) is 2.62. The quantitative estimate of drug-likeness (QED) is 0.700. The minimum atomic E-state index is -1.08. The Morgan fingerprint density at radius 1 is 1.48 bits per heavy atom. The average Bonchev–Trinajstić information content (AvgIpc) is 2.44. The first-order chi connectivity index (χ1) is 9.93. The van der Waals surface area contributed by atoms with Crippen molar-refractivity contribution in [1.29, 1.82) is 0 Å². The molecule has 0 radical (unpaired) electrons. The van der Waals surface area contributed by atoms with Crippen LogP contribution in [0.15, 0.2) is 24.5 Å². The lowest BCUT2D eigenvalue weighted by atomic mass is 10.1. The van der Waals surface area contributed by atoms with Gasteiger partial charge in [0.15, 0.2) is 0 Å². The topological polar surface area (TPSA) is 100.0 Å². The van der Waals surface area contributed by atoms with Crippen LogP contribution in [-0.2, 0) is 9.53 Å². The highest BCUT2D eigenvalue weighted by Crippen LogP contribution is 2.08. The van der Waals surface area contributed by atoms with Crippen LogP contribution >= 0.6 is 0 Å². The van der Waals surface area contributed by atoms with E-state index in [1.807, 2.05) is 0 Å². The van der Waals surface area contributed by atoms with E-state index in [1.165, 1.54) is 36.5 Å². The van der Waals surface area contributed by atoms with Crippen LogP contribution in [0.1, 0.15) is 15.9 Å². The van der Waals surface area contributed by atoms with Crippen LogP contribution in [0.2, 0.25) is 0 Å². The van der Waals surface area contributed by atoms with Crippen LogP contribution in [0.25, 0.3) is 6.08 Å². The van der Waals surface area contributed by atoms with Crippen molar-refractivity contribution >= 4 is 18.0 Å². The standard InChI is InChI=1S/C14H18N2O5/c1-16(8-12(17)9-21-2)14(20)11-5-10(6-15-7-11)3-4-13(18)19/h3-7,12,17H,8-9H2,1-2H3,(H,18,19). The van der Waals surface area contributed by atoms with E-state index in [4.69, 9.17) is 9.84 Å². The number of aliphatic hydroxyl groups excluding tert-OH is 1. The molecule has 0 bridgehead atoms. The fourth-order valence-corrected chi connectivity index (χ4v) is 1.70. The van der Waals surface area contributed by atoms with Gasteiger partial charge in [-0.25, -0.2) is 4.79 Å². The number of aromatic nitrogens is 1. The fourth-order valence-electron chi connectivity index (χ4n) is 1.70. The number of hydrogen-bond donors (Lipinski definition) is 2. The second kappa shape index (κ2) is 8.13. The zero-order valence-electron chi connectivity index (χ0n) is 11.9. The number of pyridine rings is 1. The van der Waals surface area contributed by atoms with Crippen molar-refractivity contribution in [1.82, 2.24) is 9.88 Å². The first-order valence-electron chi connectivity index (χ1n) is 6.22. The van der Waals surface area contributed by atoms with Gasteiger partial charge in [-0.15, -0.1) is 0 Å².